The third-order valence-corrected chi connectivity index (χ3v) is 3.81. The topological polar surface area (TPSA) is 72.4 Å². The fraction of sp³-hybridized carbons (Fsp3) is 0.353. The summed E-state index contributed by atoms with van der Waals surface area (Å²) in [6.45, 7) is 4.80. The highest BCUT2D eigenvalue weighted by atomic mass is 16.5. The van der Waals surface area contributed by atoms with E-state index in [1.54, 1.807) is 6.07 Å². The van der Waals surface area contributed by atoms with Crippen LogP contribution in [0.3, 0.4) is 0 Å². The number of benzene rings is 1. The SMILES string of the molecule is CC1(C)C=C(N2CCCC2=NC#N)c2cc(C#N)ccc2O1. The molecule has 0 radical (unpaired) electrons. The van der Waals surface area contributed by atoms with Gasteiger partial charge in [-0.1, -0.05) is 0 Å². The Labute approximate surface area is 129 Å². The predicted molar refractivity (Wildman–Crippen MR) is 82.8 cm³/mol. The molecule has 2 aliphatic rings. The van der Waals surface area contributed by atoms with Gasteiger partial charge < -0.3 is 9.64 Å². The maximum Gasteiger partial charge on any atom is 0.207 e. The van der Waals surface area contributed by atoms with E-state index in [0.29, 0.717) is 5.56 Å². The van der Waals surface area contributed by atoms with Gasteiger partial charge in [0.1, 0.15) is 17.2 Å². The fourth-order valence-corrected chi connectivity index (χ4v) is 2.92. The Morgan fingerprint density at radius 2 is 2.14 bits per heavy atom. The first kappa shape index (κ1) is 14.2. The maximum absolute atomic E-state index is 9.14. The largest absolute Gasteiger partial charge is 0.483 e. The van der Waals surface area contributed by atoms with Crippen LogP contribution in [-0.4, -0.2) is 22.9 Å². The number of nitrogens with zero attached hydrogens (tertiary/aromatic N) is 4. The van der Waals surface area contributed by atoms with E-state index < -0.39 is 5.60 Å². The second-order valence-electron chi connectivity index (χ2n) is 5.94. The van der Waals surface area contributed by atoms with Crippen LogP contribution in [0.15, 0.2) is 29.3 Å². The van der Waals surface area contributed by atoms with E-state index >= 15 is 0 Å². The summed E-state index contributed by atoms with van der Waals surface area (Å²) in [4.78, 5) is 6.01. The van der Waals surface area contributed by atoms with E-state index in [-0.39, 0.29) is 0 Å². The van der Waals surface area contributed by atoms with E-state index in [4.69, 9.17) is 15.3 Å². The summed E-state index contributed by atoms with van der Waals surface area (Å²) in [5.41, 5.74) is 1.99. The summed E-state index contributed by atoms with van der Waals surface area (Å²) in [6, 6.07) is 7.58. The van der Waals surface area contributed by atoms with E-state index in [0.717, 1.165) is 42.2 Å². The molecule has 0 aliphatic carbocycles. The van der Waals surface area contributed by atoms with Gasteiger partial charge in [-0.2, -0.15) is 15.5 Å². The van der Waals surface area contributed by atoms with Crippen molar-refractivity contribution in [2.24, 2.45) is 4.99 Å². The molecule has 0 bridgehead atoms. The first-order valence-electron chi connectivity index (χ1n) is 7.24. The van der Waals surface area contributed by atoms with Crippen LogP contribution in [0.1, 0.15) is 37.8 Å². The molecular formula is C17H16N4O. The summed E-state index contributed by atoms with van der Waals surface area (Å²) in [5, 5.41) is 18.0. The zero-order chi connectivity index (χ0) is 15.7. The molecule has 5 heteroatoms. The molecule has 1 aromatic rings. The molecule has 0 unspecified atom stereocenters. The lowest BCUT2D eigenvalue weighted by Crippen LogP contribution is -2.34. The van der Waals surface area contributed by atoms with Gasteiger partial charge in [0.25, 0.3) is 0 Å². The maximum atomic E-state index is 9.14. The molecular weight excluding hydrogens is 276 g/mol. The monoisotopic (exact) mass is 292 g/mol. The summed E-state index contributed by atoms with van der Waals surface area (Å²) >= 11 is 0. The lowest BCUT2D eigenvalue weighted by atomic mass is 9.97. The van der Waals surface area contributed by atoms with Crippen LogP contribution in [0.4, 0.5) is 0 Å². The van der Waals surface area contributed by atoms with Crippen molar-refractivity contribution in [1.82, 2.24) is 4.90 Å². The van der Waals surface area contributed by atoms with Crippen LogP contribution in [0.25, 0.3) is 5.70 Å². The van der Waals surface area contributed by atoms with Gasteiger partial charge in [0, 0.05) is 18.5 Å². The Bertz CT molecular complexity index is 762. The number of fused-ring (bicyclic) bond motifs is 1. The Morgan fingerprint density at radius 1 is 1.32 bits per heavy atom. The zero-order valence-electron chi connectivity index (χ0n) is 12.6. The third-order valence-electron chi connectivity index (χ3n) is 3.81. The Kier molecular flexibility index (Phi) is 3.35. The van der Waals surface area contributed by atoms with Crippen LogP contribution in [0.5, 0.6) is 5.75 Å². The summed E-state index contributed by atoms with van der Waals surface area (Å²) in [5.74, 6) is 1.53. The van der Waals surface area contributed by atoms with Gasteiger partial charge in [-0.25, -0.2) is 0 Å². The average Bonchev–Trinajstić information content (AvgIpc) is 2.93. The Balaban J connectivity index is 2.14. The number of hydrogen-bond acceptors (Lipinski definition) is 4. The van der Waals surface area contributed by atoms with Gasteiger partial charge in [0.05, 0.1) is 17.3 Å². The minimum atomic E-state index is -0.448. The van der Waals surface area contributed by atoms with Crippen molar-refractivity contribution in [2.75, 3.05) is 6.54 Å². The van der Waals surface area contributed by atoms with Crippen molar-refractivity contribution in [1.29, 1.82) is 10.5 Å². The molecule has 22 heavy (non-hydrogen) atoms. The standard InChI is InChI=1S/C17H16N4O/c1-17(2)9-14(21-7-3-4-16(21)20-11-19)13-8-12(10-18)5-6-15(13)22-17/h5-6,8-9H,3-4,7H2,1-2H3. The highest BCUT2D eigenvalue weighted by Gasteiger charge is 2.32. The highest BCUT2D eigenvalue weighted by molar-refractivity contribution is 5.94. The van der Waals surface area contributed by atoms with Crippen LogP contribution in [0.2, 0.25) is 0 Å². The van der Waals surface area contributed by atoms with Crippen molar-refractivity contribution in [3.63, 3.8) is 0 Å². The van der Waals surface area contributed by atoms with Gasteiger partial charge in [-0.05, 0) is 44.5 Å². The van der Waals surface area contributed by atoms with Gasteiger partial charge in [-0.3, -0.25) is 0 Å². The normalized spacial score (nSPS) is 20.6. The van der Waals surface area contributed by atoms with Crippen molar-refractivity contribution >= 4 is 11.5 Å². The molecule has 0 saturated carbocycles. The second kappa shape index (κ2) is 5.20. The fourth-order valence-electron chi connectivity index (χ4n) is 2.92. The molecule has 5 nitrogen and oxygen atoms in total. The third kappa shape index (κ3) is 2.42. The molecule has 2 heterocycles. The summed E-state index contributed by atoms with van der Waals surface area (Å²) in [6.07, 6.45) is 5.67. The summed E-state index contributed by atoms with van der Waals surface area (Å²) in [7, 11) is 0. The molecule has 1 saturated heterocycles. The quantitative estimate of drug-likeness (QED) is 0.746. The molecule has 1 aromatic carbocycles. The van der Waals surface area contributed by atoms with E-state index in [1.807, 2.05) is 38.2 Å². The number of rotatable bonds is 1. The van der Waals surface area contributed by atoms with E-state index in [1.165, 1.54) is 0 Å². The molecule has 1 fully saturated rings. The molecule has 0 aromatic heterocycles. The van der Waals surface area contributed by atoms with Crippen molar-refractivity contribution in [2.45, 2.75) is 32.3 Å². The minimum absolute atomic E-state index is 0.448. The second-order valence-corrected chi connectivity index (χ2v) is 5.94. The molecule has 0 N–H and O–H groups in total. The lowest BCUT2D eigenvalue weighted by Gasteiger charge is -2.34. The Hall–Kier alpha value is -2.79. The number of amidine groups is 1. The van der Waals surface area contributed by atoms with Gasteiger partial charge in [0.2, 0.25) is 6.19 Å². The van der Waals surface area contributed by atoms with E-state index in [2.05, 4.69) is 16.0 Å². The van der Waals surface area contributed by atoms with Crippen LogP contribution in [-0.2, 0) is 0 Å². The predicted octanol–water partition coefficient (Wildman–Crippen LogP) is 3.05. The number of aliphatic imine (C=N–C) groups is 1. The summed E-state index contributed by atoms with van der Waals surface area (Å²) < 4.78 is 5.99. The first-order valence-corrected chi connectivity index (χ1v) is 7.24. The van der Waals surface area contributed by atoms with Gasteiger partial charge in [-0.15, -0.1) is 0 Å². The number of nitriles is 2. The van der Waals surface area contributed by atoms with Crippen molar-refractivity contribution < 1.29 is 4.74 Å². The number of hydrogen-bond donors (Lipinski definition) is 0. The Morgan fingerprint density at radius 3 is 2.86 bits per heavy atom. The van der Waals surface area contributed by atoms with Crippen LogP contribution in [0, 0.1) is 22.8 Å². The van der Waals surface area contributed by atoms with Crippen molar-refractivity contribution in [3.05, 3.63) is 35.4 Å². The van der Waals surface area contributed by atoms with Crippen molar-refractivity contribution in [3.8, 4) is 18.0 Å². The zero-order valence-corrected chi connectivity index (χ0v) is 12.6. The van der Waals surface area contributed by atoms with E-state index in [9.17, 15) is 0 Å². The molecule has 0 amide bonds. The van der Waals surface area contributed by atoms with Crippen LogP contribution >= 0.6 is 0 Å². The molecule has 2 aliphatic heterocycles. The molecule has 110 valence electrons. The first-order chi connectivity index (χ1) is 10.5. The average molecular weight is 292 g/mol. The highest BCUT2D eigenvalue weighted by Crippen LogP contribution is 2.39. The minimum Gasteiger partial charge on any atom is -0.483 e. The molecule has 0 spiro atoms. The molecule has 3 rings (SSSR count). The lowest BCUT2D eigenvalue weighted by molar-refractivity contribution is 0.156. The smallest absolute Gasteiger partial charge is 0.207 e. The van der Waals surface area contributed by atoms with Crippen LogP contribution < -0.4 is 4.74 Å². The number of likely N-dealkylation sites (tertiary alicyclic amines) is 1. The number of ether oxygens (including phenoxy) is 1. The van der Waals surface area contributed by atoms with Gasteiger partial charge >= 0.3 is 0 Å². The van der Waals surface area contributed by atoms with Gasteiger partial charge in [0.15, 0.2) is 0 Å². The molecule has 0 atom stereocenters.